The molecule has 0 saturated heterocycles. The first-order valence-corrected chi connectivity index (χ1v) is 11.7. The largest absolute Gasteiger partial charge is 0.478 e. The lowest BCUT2D eigenvalue weighted by Crippen LogP contribution is -2.28. The number of nitrogens with one attached hydrogen (secondary N) is 3. The summed E-state index contributed by atoms with van der Waals surface area (Å²) in [6, 6.07) is 19.2. The predicted octanol–water partition coefficient (Wildman–Crippen LogP) is 3.85. The van der Waals surface area contributed by atoms with Crippen LogP contribution in [0.25, 0.3) is 11.3 Å². The number of amides is 2. The molecule has 3 aromatic carbocycles. The molecule has 0 aliphatic carbocycles. The van der Waals surface area contributed by atoms with E-state index >= 15 is 0 Å². The Bertz CT molecular complexity index is 1380. The SMILES string of the molecule is Cc1cc(N/C(=C2\C(=O)Nc3cc(C(=O)O)ccc32)c2ccccc2)ccc1C(=O)NOCCN(C)C. The highest BCUT2D eigenvalue weighted by molar-refractivity contribution is 6.37. The van der Waals surface area contributed by atoms with Crippen LogP contribution in [0.1, 0.15) is 37.4 Å². The number of fused-ring (bicyclic) bond motifs is 1. The maximum absolute atomic E-state index is 13.1. The van der Waals surface area contributed by atoms with Crippen molar-refractivity contribution < 1.29 is 24.3 Å². The van der Waals surface area contributed by atoms with Crippen molar-refractivity contribution in [1.29, 1.82) is 0 Å². The number of anilines is 2. The smallest absolute Gasteiger partial charge is 0.335 e. The second kappa shape index (κ2) is 11.1. The van der Waals surface area contributed by atoms with Gasteiger partial charge in [0.1, 0.15) is 0 Å². The molecule has 190 valence electrons. The van der Waals surface area contributed by atoms with Crippen LogP contribution >= 0.6 is 0 Å². The third-order valence-corrected chi connectivity index (χ3v) is 5.87. The van der Waals surface area contributed by atoms with Gasteiger partial charge in [-0.2, -0.15) is 0 Å². The molecule has 9 nitrogen and oxygen atoms in total. The molecule has 3 aromatic rings. The van der Waals surface area contributed by atoms with Gasteiger partial charge in [0.05, 0.1) is 29.1 Å². The summed E-state index contributed by atoms with van der Waals surface area (Å²) < 4.78 is 0. The summed E-state index contributed by atoms with van der Waals surface area (Å²) in [5, 5.41) is 15.5. The van der Waals surface area contributed by atoms with E-state index in [1.54, 1.807) is 18.2 Å². The van der Waals surface area contributed by atoms with E-state index in [9.17, 15) is 19.5 Å². The van der Waals surface area contributed by atoms with Gasteiger partial charge in [-0.25, -0.2) is 10.3 Å². The number of hydrogen-bond donors (Lipinski definition) is 4. The van der Waals surface area contributed by atoms with Crippen molar-refractivity contribution in [3.05, 3.63) is 94.5 Å². The minimum Gasteiger partial charge on any atom is -0.478 e. The summed E-state index contributed by atoms with van der Waals surface area (Å²) in [5.74, 6) is -1.76. The van der Waals surface area contributed by atoms with Gasteiger partial charge in [-0.15, -0.1) is 0 Å². The van der Waals surface area contributed by atoms with Crippen molar-refractivity contribution in [2.75, 3.05) is 37.9 Å². The van der Waals surface area contributed by atoms with Gasteiger partial charge >= 0.3 is 5.97 Å². The summed E-state index contributed by atoms with van der Waals surface area (Å²) >= 11 is 0. The standard InChI is InChI=1S/C28H28N4O5/c1-17-15-20(10-12-21(17)26(33)31-37-14-13-32(2)3)29-25(18-7-5-4-6-8-18)24-22-11-9-19(28(35)36)16-23(22)30-27(24)34/h4-12,15-16,29H,13-14H2,1-3H3,(H,30,34)(H,31,33)(H,35,36)/b25-24-. The molecule has 1 aliphatic rings. The monoisotopic (exact) mass is 500 g/mol. The lowest BCUT2D eigenvalue weighted by atomic mass is 9.98. The summed E-state index contributed by atoms with van der Waals surface area (Å²) in [6.07, 6.45) is 0. The zero-order chi connectivity index (χ0) is 26.5. The van der Waals surface area contributed by atoms with Crippen molar-refractivity contribution >= 4 is 40.4 Å². The lowest BCUT2D eigenvalue weighted by Gasteiger charge is -2.16. The minimum atomic E-state index is -1.07. The van der Waals surface area contributed by atoms with E-state index < -0.39 is 5.97 Å². The molecule has 2 amide bonds. The van der Waals surface area contributed by atoms with Crippen LogP contribution in [-0.4, -0.2) is 55.0 Å². The number of likely N-dealkylation sites (N-methyl/N-ethyl adjacent to an activating group) is 1. The van der Waals surface area contributed by atoms with Crippen LogP contribution in [0.5, 0.6) is 0 Å². The average Bonchev–Trinajstić information content (AvgIpc) is 3.20. The second-order valence-electron chi connectivity index (χ2n) is 8.87. The molecule has 1 aliphatic heterocycles. The Hall–Kier alpha value is -4.47. The Morgan fingerprint density at radius 2 is 1.76 bits per heavy atom. The summed E-state index contributed by atoms with van der Waals surface area (Å²) in [7, 11) is 3.84. The second-order valence-corrected chi connectivity index (χ2v) is 8.87. The fourth-order valence-electron chi connectivity index (χ4n) is 3.98. The van der Waals surface area contributed by atoms with Crippen molar-refractivity contribution in [1.82, 2.24) is 10.4 Å². The quantitative estimate of drug-likeness (QED) is 0.200. The highest BCUT2D eigenvalue weighted by atomic mass is 16.6. The zero-order valence-electron chi connectivity index (χ0n) is 20.8. The number of aryl methyl sites for hydroxylation is 1. The summed E-state index contributed by atoms with van der Waals surface area (Å²) in [6.45, 7) is 2.86. The number of carbonyl (C=O) groups excluding carboxylic acids is 2. The van der Waals surface area contributed by atoms with E-state index in [0.717, 1.165) is 11.1 Å². The fraction of sp³-hybridized carbons (Fsp3) is 0.179. The number of benzene rings is 3. The topological polar surface area (TPSA) is 120 Å². The first-order valence-electron chi connectivity index (χ1n) is 11.7. The molecule has 0 fully saturated rings. The average molecular weight is 501 g/mol. The van der Waals surface area contributed by atoms with Gasteiger partial charge in [0.2, 0.25) is 0 Å². The van der Waals surface area contributed by atoms with Gasteiger partial charge in [0.25, 0.3) is 11.8 Å². The molecule has 37 heavy (non-hydrogen) atoms. The van der Waals surface area contributed by atoms with Crippen molar-refractivity contribution in [2.24, 2.45) is 0 Å². The van der Waals surface area contributed by atoms with Gasteiger partial charge in [0.15, 0.2) is 0 Å². The summed E-state index contributed by atoms with van der Waals surface area (Å²) in [5.41, 5.74) is 7.19. The molecule has 0 aromatic heterocycles. The number of carbonyl (C=O) groups is 3. The summed E-state index contributed by atoms with van der Waals surface area (Å²) in [4.78, 5) is 44.2. The Kier molecular flexibility index (Phi) is 7.66. The third kappa shape index (κ3) is 5.85. The maximum atomic E-state index is 13.1. The van der Waals surface area contributed by atoms with Crippen molar-refractivity contribution in [2.45, 2.75) is 6.92 Å². The van der Waals surface area contributed by atoms with Crippen LogP contribution in [0.3, 0.4) is 0 Å². The molecule has 0 unspecified atom stereocenters. The molecule has 0 atom stereocenters. The molecule has 0 spiro atoms. The molecule has 0 saturated carbocycles. The number of nitrogens with zero attached hydrogens (tertiary/aromatic N) is 1. The number of hydrogen-bond acceptors (Lipinski definition) is 6. The van der Waals surface area contributed by atoms with Gasteiger partial charge in [-0.05, 0) is 62.5 Å². The van der Waals surface area contributed by atoms with E-state index in [1.165, 1.54) is 12.1 Å². The molecular weight excluding hydrogens is 472 g/mol. The molecule has 1 heterocycles. The van der Waals surface area contributed by atoms with E-state index in [1.807, 2.05) is 62.3 Å². The van der Waals surface area contributed by atoms with Crippen LogP contribution in [-0.2, 0) is 9.63 Å². The predicted molar refractivity (Wildman–Crippen MR) is 142 cm³/mol. The van der Waals surface area contributed by atoms with Crippen molar-refractivity contribution in [3.8, 4) is 0 Å². The first-order chi connectivity index (χ1) is 17.7. The minimum absolute atomic E-state index is 0.0877. The van der Waals surface area contributed by atoms with Crippen LogP contribution in [0.2, 0.25) is 0 Å². The Morgan fingerprint density at radius 1 is 1.00 bits per heavy atom. The van der Waals surface area contributed by atoms with Gasteiger partial charge in [0, 0.05) is 23.4 Å². The number of hydroxylamine groups is 1. The number of aromatic carboxylic acids is 1. The van der Waals surface area contributed by atoms with Gasteiger partial charge < -0.3 is 20.6 Å². The van der Waals surface area contributed by atoms with Crippen molar-refractivity contribution in [3.63, 3.8) is 0 Å². The Labute approximate surface area is 214 Å². The Balaban J connectivity index is 1.66. The number of carboxylic acids is 1. The van der Waals surface area contributed by atoms with Crippen LogP contribution in [0.15, 0.2) is 66.7 Å². The molecule has 9 heteroatoms. The van der Waals surface area contributed by atoms with E-state index in [4.69, 9.17) is 4.84 Å². The van der Waals surface area contributed by atoms with E-state index in [-0.39, 0.29) is 17.4 Å². The fourth-order valence-corrected chi connectivity index (χ4v) is 3.98. The molecule has 4 rings (SSSR count). The van der Waals surface area contributed by atoms with Gasteiger partial charge in [-0.3, -0.25) is 14.4 Å². The highest BCUT2D eigenvalue weighted by Crippen LogP contribution is 2.38. The van der Waals surface area contributed by atoms with Crippen LogP contribution in [0.4, 0.5) is 11.4 Å². The number of rotatable bonds is 9. The van der Waals surface area contributed by atoms with Crippen LogP contribution < -0.4 is 16.1 Å². The first kappa shape index (κ1) is 25.6. The Morgan fingerprint density at radius 3 is 2.43 bits per heavy atom. The normalized spacial score (nSPS) is 13.7. The van der Waals surface area contributed by atoms with Gasteiger partial charge in [-0.1, -0.05) is 36.4 Å². The zero-order valence-corrected chi connectivity index (χ0v) is 20.8. The lowest BCUT2D eigenvalue weighted by molar-refractivity contribution is -0.110. The molecular formula is C28H28N4O5. The van der Waals surface area contributed by atoms with E-state index in [2.05, 4.69) is 16.1 Å². The third-order valence-electron chi connectivity index (χ3n) is 5.87. The van der Waals surface area contributed by atoms with E-state index in [0.29, 0.717) is 46.9 Å². The highest BCUT2D eigenvalue weighted by Gasteiger charge is 2.29. The molecule has 0 bridgehead atoms. The molecule has 4 N–H and O–H groups in total. The molecule has 0 radical (unpaired) electrons. The maximum Gasteiger partial charge on any atom is 0.335 e. The van der Waals surface area contributed by atoms with Crippen LogP contribution in [0, 0.1) is 6.92 Å². The number of carboxylic acid groups (broad SMARTS) is 1.